The van der Waals surface area contributed by atoms with Gasteiger partial charge in [-0.05, 0) is 32.1 Å². The van der Waals surface area contributed by atoms with Crippen LogP contribution in [0.25, 0.3) is 0 Å². The van der Waals surface area contributed by atoms with Crippen LogP contribution in [0.15, 0.2) is 42.7 Å². The lowest BCUT2D eigenvalue weighted by Crippen LogP contribution is -3.00. The Morgan fingerprint density at radius 2 is 1.08 bits per heavy atom. The van der Waals surface area contributed by atoms with E-state index in [1.54, 1.807) is 0 Å². The Kier molecular flexibility index (Phi) is 19.2. The molecule has 0 aromatic carbocycles. The second-order valence-corrected chi connectivity index (χ2v) is 7.05. The summed E-state index contributed by atoms with van der Waals surface area (Å²) < 4.78 is 2.29. The molecule has 0 N–H and O–H groups in total. The van der Waals surface area contributed by atoms with E-state index in [9.17, 15) is 0 Å². The van der Waals surface area contributed by atoms with Gasteiger partial charge in [0, 0.05) is 18.6 Å². The van der Waals surface area contributed by atoms with Crippen molar-refractivity contribution in [2.75, 3.05) is 0 Å². The molecule has 2 heteroatoms. The number of allylic oxidation sites excluding steroid dienone is 2. The van der Waals surface area contributed by atoms with E-state index >= 15 is 0 Å². The van der Waals surface area contributed by atoms with Crippen molar-refractivity contribution in [1.82, 2.24) is 0 Å². The third-order valence-corrected chi connectivity index (χ3v) is 4.71. The normalized spacial score (nSPS) is 10.9. The number of aryl methyl sites for hydroxylation is 1. The maximum atomic E-state index is 2.41. The van der Waals surface area contributed by atoms with E-state index in [1.807, 2.05) is 0 Å². The molecule has 1 rings (SSSR count). The Morgan fingerprint density at radius 3 is 1.64 bits per heavy atom. The Morgan fingerprint density at radius 1 is 0.600 bits per heavy atom. The molecule has 0 atom stereocenters. The number of unbranched alkanes of at least 4 members (excludes halogenated alkanes) is 12. The zero-order valence-corrected chi connectivity index (χ0v) is 18.1. The van der Waals surface area contributed by atoms with Gasteiger partial charge in [0.05, 0.1) is 0 Å². The molecule has 1 aromatic rings. The number of hydrogen-bond donors (Lipinski definition) is 0. The van der Waals surface area contributed by atoms with E-state index in [0.717, 1.165) is 0 Å². The summed E-state index contributed by atoms with van der Waals surface area (Å²) in [5.41, 5.74) is 0. The fourth-order valence-electron chi connectivity index (χ4n) is 3.13. The molecular formula is C23H40BrN. The van der Waals surface area contributed by atoms with Crippen LogP contribution in [0.2, 0.25) is 0 Å². The molecule has 0 aliphatic carbocycles. The van der Waals surface area contributed by atoms with Crippen LogP contribution in [0.1, 0.15) is 96.8 Å². The van der Waals surface area contributed by atoms with Crippen molar-refractivity contribution in [3.63, 3.8) is 0 Å². The average Bonchev–Trinajstić information content (AvgIpc) is 2.62. The van der Waals surface area contributed by atoms with Crippen LogP contribution in [0.3, 0.4) is 0 Å². The van der Waals surface area contributed by atoms with Gasteiger partial charge in [-0.2, -0.15) is 0 Å². The minimum Gasteiger partial charge on any atom is -1.00 e. The average molecular weight is 410 g/mol. The van der Waals surface area contributed by atoms with Gasteiger partial charge in [-0.1, -0.05) is 76.5 Å². The first kappa shape index (κ1) is 24.4. The summed E-state index contributed by atoms with van der Waals surface area (Å²) in [4.78, 5) is 0. The molecule has 0 saturated heterocycles. The fraction of sp³-hybridized carbons (Fsp3) is 0.696. The topological polar surface area (TPSA) is 3.88 Å². The van der Waals surface area contributed by atoms with Crippen molar-refractivity contribution in [1.29, 1.82) is 0 Å². The van der Waals surface area contributed by atoms with Gasteiger partial charge >= 0.3 is 0 Å². The summed E-state index contributed by atoms with van der Waals surface area (Å²) in [6.45, 7) is 3.45. The first-order chi connectivity index (χ1) is 11.9. The van der Waals surface area contributed by atoms with Gasteiger partial charge in [-0.15, -0.1) is 0 Å². The van der Waals surface area contributed by atoms with Gasteiger partial charge in [-0.25, -0.2) is 4.57 Å². The quantitative estimate of drug-likeness (QED) is 0.220. The van der Waals surface area contributed by atoms with E-state index in [2.05, 4.69) is 54.2 Å². The van der Waals surface area contributed by atoms with E-state index in [0.29, 0.717) is 0 Å². The van der Waals surface area contributed by atoms with E-state index < -0.39 is 0 Å². The summed E-state index contributed by atoms with van der Waals surface area (Å²) in [6.07, 6.45) is 28.5. The highest BCUT2D eigenvalue weighted by Crippen LogP contribution is 2.09. The van der Waals surface area contributed by atoms with Crippen LogP contribution >= 0.6 is 0 Å². The molecule has 1 aromatic heterocycles. The maximum Gasteiger partial charge on any atom is 0.168 e. The number of rotatable bonds is 16. The summed E-state index contributed by atoms with van der Waals surface area (Å²) in [5, 5.41) is 0. The highest BCUT2D eigenvalue weighted by atomic mass is 79.9. The number of halogens is 1. The van der Waals surface area contributed by atoms with Crippen molar-refractivity contribution in [2.24, 2.45) is 0 Å². The van der Waals surface area contributed by atoms with E-state index in [-0.39, 0.29) is 17.0 Å². The highest BCUT2D eigenvalue weighted by molar-refractivity contribution is 4.83. The lowest BCUT2D eigenvalue weighted by atomic mass is 10.1. The monoisotopic (exact) mass is 409 g/mol. The standard InChI is InChI=1S/C23H40N.BrH/c1-2-3-4-5-6-7-8-9-10-11-12-13-14-15-16-18-21-24-22-19-17-20-23-24;/h9-10,17,19-20,22-23H,2-8,11-16,18,21H2,1H3;1H/q+1;/p-1/b10-9-;. The molecule has 144 valence electrons. The Bertz CT molecular complexity index is 388. The molecule has 0 radical (unpaired) electrons. The second kappa shape index (κ2) is 19.7. The van der Waals surface area contributed by atoms with Crippen LogP contribution in [-0.2, 0) is 6.54 Å². The molecule has 0 saturated carbocycles. The van der Waals surface area contributed by atoms with Crippen molar-refractivity contribution < 1.29 is 21.5 Å². The smallest absolute Gasteiger partial charge is 0.168 e. The van der Waals surface area contributed by atoms with Gasteiger partial charge in [0.2, 0.25) is 0 Å². The minimum absolute atomic E-state index is 0. The molecule has 25 heavy (non-hydrogen) atoms. The predicted molar refractivity (Wildman–Crippen MR) is 106 cm³/mol. The third-order valence-electron chi connectivity index (χ3n) is 4.71. The lowest BCUT2D eigenvalue weighted by molar-refractivity contribution is -0.697. The maximum absolute atomic E-state index is 2.41. The Labute approximate surface area is 167 Å². The molecule has 0 spiro atoms. The SMILES string of the molecule is CCCCCCCC/C=C\CCCCCCCC[n+]1ccccc1.[Br-]. The molecule has 0 amide bonds. The molecule has 1 nitrogen and oxygen atoms in total. The van der Waals surface area contributed by atoms with Crippen LogP contribution in [-0.4, -0.2) is 0 Å². The molecule has 0 bridgehead atoms. The van der Waals surface area contributed by atoms with Crippen LogP contribution in [0.5, 0.6) is 0 Å². The number of aromatic nitrogens is 1. The molecule has 0 unspecified atom stereocenters. The van der Waals surface area contributed by atoms with Gasteiger partial charge in [0.15, 0.2) is 12.4 Å². The van der Waals surface area contributed by atoms with E-state index in [1.165, 1.54) is 96.4 Å². The Balaban J connectivity index is 0.00000576. The largest absolute Gasteiger partial charge is 1.00 e. The second-order valence-electron chi connectivity index (χ2n) is 7.05. The zero-order valence-electron chi connectivity index (χ0n) is 16.5. The summed E-state index contributed by atoms with van der Waals surface area (Å²) >= 11 is 0. The van der Waals surface area contributed by atoms with Crippen LogP contribution in [0.4, 0.5) is 0 Å². The van der Waals surface area contributed by atoms with Gasteiger partial charge in [0.1, 0.15) is 6.54 Å². The lowest BCUT2D eigenvalue weighted by Gasteiger charge is -2.00. The Hall–Kier alpha value is -0.630. The molecular weight excluding hydrogens is 370 g/mol. The van der Waals surface area contributed by atoms with Crippen molar-refractivity contribution in [3.8, 4) is 0 Å². The summed E-state index contributed by atoms with van der Waals surface area (Å²) in [7, 11) is 0. The zero-order chi connectivity index (χ0) is 17.1. The van der Waals surface area contributed by atoms with Crippen molar-refractivity contribution in [2.45, 2.75) is 103 Å². The van der Waals surface area contributed by atoms with Crippen molar-refractivity contribution in [3.05, 3.63) is 42.7 Å². The molecule has 1 heterocycles. The van der Waals surface area contributed by atoms with Crippen LogP contribution in [0, 0.1) is 0 Å². The summed E-state index contributed by atoms with van der Waals surface area (Å²) in [5.74, 6) is 0. The predicted octanol–water partition coefficient (Wildman–Crippen LogP) is 4.02. The minimum atomic E-state index is 0. The molecule has 0 aliphatic rings. The summed E-state index contributed by atoms with van der Waals surface area (Å²) in [6, 6.07) is 6.30. The van der Waals surface area contributed by atoms with Crippen molar-refractivity contribution >= 4 is 0 Å². The third kappa shape index (κ3) is 16.6. The van der Waals surface area contributed by atoms with Gasteiger partial charge in [-0.3, -0.25) is 0 Å². The van der Waals surface area contributed by atoms with Gasteiger partial charge < -0.3 is 17.0 Å². The molecule has 0 aliphatic heterocycles. The van der Waals surface area contributed by atoms with Gasteiger partial charge in [0.25, 0.3) is 0 Å². The highest BCUT2D eigenvalue weighted by Gasteiger charge is 1.97. The fourth-order valence-corrected chi connectivity index (χ4v) is 3.13. The molecule has 0 fully saturated rings. The van der Waals surface area contributed by atoms with E-state index in [4.69, 9.17) is 0 Å². The van der Waals surface area contributed by atoms with Crippen LogP contribution < -0.4 is 21.5 Å². The number of pyridine rings is 1. The number of hydrogen-bond acceptors (Lipinski definition) is 0. The number of nitrogens with zero attached hydrogens (tertiary/aromatic N) is 1. The first-order valence-corrected chi connectivity index (χ1v) is 10.5. The first-order valence-electron chi connectivity index (χ1n) is 10.5.